The highest BCUT2D eigenvalue weighted by molar-refractivity contribution is 5.61. The van der Waals surface area contributed by atoms with Gasteiger partial charge in [0.2, 0.25) is 0 Å². The monoisotopic (exact) mass is 281 g/mol. The van der Waals surface area contributed by atoms with E-state index in [0.717, 1.165) is 30.0 Å². The highest BCUT2D eigenvalue weighted by atomic mass is 15.2. The van der Waals surface area contributed by atoms with E-state index in [9.17, 15) is 0 Å². The molecule has 3 aromatic rings. The SMILES string of the molecule is CCNCc1ccccc1-n1cncc1-c1cnn(C)c1. The fourth-order valence-corrected chi connectivity index (χ4v) is 2.41. The summed E-state index contributed by atoms with van der Waals surface area (Å²) in [5.41, 5.74) is 4.51. The number of benzene rings is 1. The van der Waals surface area contributed by atoms with Crippen molar-refractivity contribution in [1.82, 2.24) is 24.6 Å². The summed E-state index contributed by atoms with van der Waals surface area (Å²) in [6.07, 6.45) is 7.59. The zero-order valence-electron chi connectivity index (χ0n) is 12.3. The number of aromatic nitrogens is 4. The summed E-state index contributed by atoms with van der Waals surface area (Å²) in [6.45, 7) is 3.91. The second-order valence-corrected chi connectivity index (χ2v) is 4.96. The normalized spacial score (nSPS) is 11.0. The lowest BCUT2D eigenvalue weighted by Gasteiger charge is -2.13. The topological polar surface area (TPSA) is 47.7 Å². The van der Waals surface area contributed by atoms with Crippen molar-refractivity contribution in [2.75, 3.05) is 6.54 Å². The number of aryl methyl sites for hydroxylation is 1. The molecule has 0 saturated heterocycles. The molecule has 0 amide bonds. The van der Waals surface area contributed by atoms with Crippen LogP contribution in [0.25, 0.3) is 16.9 Å². The standard InChI is InChI=1S/C16H19N5/c1-3-17-8-13-6-4-5-7-15(13)21-12-18-10-16(21)14-9-19-20(2)11-14/h4-7,9-12,17H,3,8H2,1-2H3. The summed E-state index contributed by atoms with van der Waals surface area (Å²) in [7, 11) is 1.92. The third-order valence-electron chi connectivity index (χ3n) is 3.46. The van der Waals surface area contributed by atoms with Crippen molar-refractivity contribution in [2.45, 2.75) is 13.5 Å². The van der Waals surface area contributed by atoms with Gasteiger partial charge in [0.1, 0.15) is 0 Å². The molecule has 0 spiro atoms. The first-order chi connectivity index (χ1) is 10.3. The van der Waals surface area contributed by atoms with Crippen LogP contribution in [0.2, 0.25) is 0 Å². The Morgan fingerprint density at radius 2 is 2.05 bits per heavy atom. The van der Waals surface area contributed by atoms with E-state index in [2.05, 4.69) is 51.2 Å². The van der Waals surface area contributed by atoms with Gasteiger partial charge in [-0.05, 0) is 18.2 Å². The fraction of sp³-hybridized carbons (Fsp3) is 0.250. The van der Waals surface area contributed by atoms with Crippen molar-refractivity contribution in [3.8, 4) is 16.9 Å². The third-order valence-corrected chi connectivity index (χ3v) is 3.46. The van der Waals surface area contributed by atoms with Gasteiger partial charge in [-0.15, -0.1) is 0 Å². The molecule has 21 heavy (non-hydrogen) atoms. The summed E-state index contributed by atoms with van der Waals surface area (Å²) in [6, 6.07) is 8.38. The quantitative estimate of drug-likeness (QED) is 0.781. The molecule has 0 saturated carbocycles. The molecule has 0 aliphatic heterocycles. The summed E-state index contributed by atoms with van der Waals surface area (Å²) in [5, 5.41) is 7.62. The molecule has 5 heteroatoms. The smallest absolute Gasteiger partial charge is 0.0997 e. The van der Waals surface area contributed by atoms with Crippen molar-refractivity contribution in [3.05, 3.63) is 54.7 Å². The largest absolute Gasteiger partial charge is 0.313 e. The molecule has 0 bridgehead atoms. The molecule has 0 aliphatic rings. The first-order valence-corrected chi connectivity index (χ1v) is 7.10. The Labute approximate surface area is 124 Å². The third kappa shape index (κ3) is 2.73. The fourth-order valence-electron chi connectivity index (χ4n) is 2.41. The van der Waals surface area contributed by atoms with Crippen molar-refractivity contribution >= 4 is 0 Å². The number of rotatable bonds is 5. The summed E-state index contributed by atoms with van der Waals surface area (Å²) in [4.78, 5) is 4.31. The Morgan fingerprint density at radius 1 is 1.19 bits per heavy atom. The lowest BCUT2D eigenvalue weighted by molar-refractivity contribution is 0.722. The average molecular weight is 281 g/mol. The van der Waals surface area contributed by atoms with E-state index >= 15 is 0 Å². The number of hydrogen-bond acceptors (Lipinski definition) is 3. The van der Waals surface area contributed by atoms with Crippen LogP contribution in [0.1, 0.15) is 12.5 Å². The van der Waals surface area contributed by atoms with Crippen LogP contribution in [0.5, 0.6) is 0 Å². The first-order valence-electron chi connectivity index (χ1n) is 7.10. The molecule has 0 radical (unpaired) electrons. The Balaban J connectivity index is 2.04. The minimum Gasteiger partial charge on any atom is -0.313 e. The number of imidazole rings is 1. The molecule has 1 aromatic carbocycles. The average Bonchev–Trinajstić information content (AvgIpc) is 3.13. The minimum atomic E-state index is 0.845. The Hall–Kier alpha value is -2.40. The predicted molar refractivity (Wildman–Crippen MR) is 83.1 cm³/mol. The van der Waals surface area contributed by atoms with Gasteiger partial charge in [0, 0.05) is 25.4 Å². The molecule has 0 aliphatic carbocycles. The molecule has 0 atom stereocenters. The van der Waals surface area contributed by atoms with Crippen molar-refractivity contribution in [1.29, 1.82) is 0 Å². The number of nitrogens with zero attached hydrogens (tertiary/aromatic N) is 4. The van der Waals surface area contributed by atoms with Crippen LogP contribution in [-0.4, -0.2) is 25.9 Å². The molecule has 2 aromatic heterocycles. The maximum absolute atomic E-state index is 4.31. The zero-order chi connectivity index (χ0) is 14.7. The Bertz CT molecular complexity index is 726. The number of hydrogen-bond donors (Lipinski definition) is 1. The van der Waals surface area contributed by atoms with E-state index in [1.807, 2.05) is 32.0 Å². The van der Waals surface area contributed by atoms with Crippen LogP contribution in [0.4, 0.5) is 0 Å². The highest BCUT2D eigenvalue weighted by Crippen LogP contribution is 2.24. The molecular formula is C16H19N5. The maximum Gasteiger partial charge on any atom is 0.0997 e. The Kier molecular flexibility index (Phi) is 3.83. The lowest BCUT2D eigenvalue weighted by Crippen LogP contribution is -2.13. The second kappa shape index (κ2) is 5.93. The number of nitrogens with one attached hydrogen (secondary N) is 1. The van der Waals surface area contributed by atoms with Gasteiger partial charge in [0.05, 0.1) is 30.1 Å². The maximum atomic E-state index is 4.31. The van der Waals surface area contributed by atoms with E-state index in [-0.39, 0.29) is 0 Å². The van der Waals surface area contributed by atoms with Crippen LogP contribution in [0.3, 0.4) is 0 Å². The van der Waals surface area contributed by atoms with Gasteiger partial charge in [-0.1, -0.05) is 25.1 Å². The van der Waals surface area contributed by atoms with E-state index in [4.69, 9.17) is 0 Å². The molecular weight excluding hydrogens is 262 g/mol. The van der Waals surface area contributed by atoms with Crippen LogP contribution in [-0.2, 0) is 13.6 Å². The van der Waals surface area contributed by atoms with Crippen LogP contribution in [0.15, 0.2) is 49.2 Å². The van der Waals surface area contributed by atoms with E-state index in [0.29, 0.717) is 0 Å². The summed E-state index contributed by atoms with van der Waals surface area (Å²) in [5.74, 6) is 0. The van der Waals surface area contributed by atoms with Gasteiger partial charge >= 0.3 is 0 Å². The van der Waals surface area contributed by atoms with Gasteiger partial charge in [-0.25, -0.2) is 4.98 Å². The number of para-hydroxylation sites is 1. The summed E-state index contributed by atoms with van der Waals surface area (Å²) < 4.78 is 3.92. The van der Waals surface area contributed by atoms with Crippen molar-refractivity contribution in [2.24, 2.45) is 7.05 Å². The second-order valence-electron chi connectivity index (χ2n) is 4.96. The molecule has 1 N–H and O–H groups in total. The minimum absolute atomic E-state index is 0.845. The molecule has 0 unspecified atom stereocenters. The van der Waals surface area contributed by atoms with E-state index < -0.39 is 0 Å². The van der Waals surface area contributed by atoms with Gasteiger partial charge in [0.15, 0.2) is 0 Å². The Morgan fingerprint density at radius 3 is 2.81 bits per heavy atom. The van der Waals surface area contributed by atoms with Gasteiger partial charge < -0.3 is 5.32 Å². The van der Waals surface area contributed by atoms with Crippen molar-refractivity contribution < 1.29 is 0 Å². The predicted octanol–water partition coefficient (Wildman–Crippen LogP) is 2.38. The van der Waals surface area contributed by atoms with Crippen molar-refractivity contribution in [3.63, 3.8) is 0 Å². The van der Waals surface area contributed by atoms with Gasteiger partial charge in [-0.3, -0.25) is 9.25 Å². The molecule has 0 fully saturated rings. The van der Waals surface area contributed by atoms with E-state index in [1.54, 1.807) is 4.68 Å². The van der Waals surface area contributed by atoms with Gasteiger partial charge in [0.25, 0.3) is 0 Å². The molecule has 108 valence electrons. The van der Waals surface area contributed by atoms with Crippen LogP contribution >= 0.6 is 0 Å². The van der Waals surface area contributed by atoms with Crippen LogP contribution < -0.4 is 5.32 Å². The van der Waals surface area contributed by atoms with Crippen LogP contribution in [0, 0.1) is 0 Å². The molecule has 3 rings (SSSR count). The summed E-state index contributed by atoms with van der Waals surface area (Å²) >= 11 is 0. The lowest BCUT2D eigenvalue weighted by atomic mass is 10.1. The molecule has 2 heterocycles. The zero-order valence-corrected chi connectivity index (χ0v) is 12.3. The molecule has 5 nitrogen and oxygen atoms in total. The first kappa shape index (κ1) is 13.6. The highest BCUT2D eigenvalue weighted by Gasteiger charge is 2.11. The van der Waals surface area contributed by atoms with Gasteiger partial charge in [-0.2, -0.15) is 5.10 Å². The van der Waals surface area contributed by atoms with E-state index in [1.165, 1.54) is 5.56 Å².